The zero-order valence-corrected chi connectivity index (χ0v) is 17.5. The van der Waals surface area contributed by atoms with Gasteiger partial charge in [-0.15, -0.1) is 11.8 Å². The highest BCUT2D eigenvalue weighted by Gasteiger charge is 2.19. The normalized spacial score (nSPS) is 11.5. The molecule has 0 radical (unpaired) electrons. The highest BCUT2D eigenvalue weighted by atomic mass is 32.2. The maximum atomic E-state index is 12.7. The summed E-state index contributed by atoms with van der Waals surface area (Å²) in [4.78, 5) is 29.1. The van der Waals surface area contributed by atoms with Crippen molar-refractivity contribution in [2.45, 2.75) is 23.7 Å². The lowest BCUT2D eigenvalue weighted by Gasteiger charge is -2.25. The van der Waals surface area contributed by atoms with E-state index < -0.39 is 4.92 Å². The molecular weight excluding hydrogens is 400 g/mol. The molecule has 0 aliphatic rings. The molecule has 1 heterocycles. The van der Waals surface area contributed by atoms with Crippen LogP contribution in [0.15, 0.2) is 78.0 Å². The van der Waals surface area contributed by atoms with Crippen molar-refractivity contribution in [3.8, 4) is 0 Å². The van der Waals surface area contributed by atoms with Gasteiger partial charge in [0, 0.05) is 36.8 Å². The van der Waals surface area contributed by atoms with Crippen LogP contribution < -0.4 is 5.32 Å². The highest BCUT2D eigenvalue weighted by molar-refractivity contribution is 7.98. The Kier molecular flexibility index (Phi) is 7.03. The number of hydrogen-bond donors (Lipinski definition) is 1. The van der Waals surface area contributed by atoms with Gasteiger partial charge in [0.15, 0.2) is 0 Å². The first-order chi connectivity index (χ1) is 14.4. The zero-order chi connectivity index (χ0) is 21.5. The lowest BCUT2D eigenvalue weighted by Crippen LogP contribution is -2.33. The number of amides is 2. The number of urea groups is 1. The Bertz CT molecular complexity index is 1030. The fourth-order valence-electron chi connectivity index (χ4n) is 2.84. The predicted octanol–water partition coefficient (Wildman–Crippen LogP) is 5.51. The fraction of sp³-hybridized carbons (Fsp3) is 0.182. The summed E-state index contributed by atoms with van der Waals surface area (Å²) in [6.07, 6.45) is 1.76. The molecule has 7 nitrogen and oxygen atoms in total. The molecule has 0 aliphatic heterocycles. The van der Waals surface area contributed by atoms with Gasteiger partial charge in [0.05, 0.1) is 16.0 Å². The SMILES string of the molecule is CC(c1cccc([N+](=O)[O-])c1)N(C)C(=O)Nc1cccc(CSc2ccccn2)c1. The van der Waals surface area contributed by atoms with Gasteiger partial charge in [-0.2, -0.15) is 0 Å². The van der Waals surface area contributed by atoms with Crippen molar-refractivity contribution < 1.29 is 9.72 Å². The second-order valence-corrected chi connectivity index (χ2v) is 7.72. The largest absolute Gasteiger partial charge is 0.322 e. The molecule has 1 aromatic heterocycles. The third kappa shape index (κ3) is 5.57. The first-order valence-electron chi connectivity index (χ1n) is 9.35. The van der Waals surface area contributed by atoms with E-state index in [1.807, 2.05) is 49.4 Å². The number of carbonyl (C=O) groups excluding carboxylic acids is 1. The van der Waals surface area contributed by atoms with Crippen LogP contribution in [0.3, 0.4) is 0 Å². The molecule has 8 heteroatoms. The smallest absolute Gasteiger partial charge is 0.321 e. The molecule has 2 aromatic carbocycles. The van der Waals surface area contributed by atoms with E-state index in [1.165, 1.54) is 17.0 Å². The zero-order valence-electron chi connectivity index (χ0n) is 16.7. The highest BCUT2D eigenvalue weighted by Crippen LogP contribution is 2.25. The van der Waals surface area contributed by atoms with Gasteiger partial charge >= 0.3 is 6.03 Å². The first-order valence-corrected chi connectivity index (χ1v) is 10.3. The Morgan fingerprint density at radius 2 is 1.97 bits per heavy atom. The van der Waals surface area contributed by atoms with Crippen LogP contribution in [0.1, 0.15) is 24.1 Å². The number of nitrogens with one attached hydrogen (secondary N) is 1. The number of carbonyl (C=O) groups is 1. The maximum Gasteiger partial charge on any atom is 0.322 e. The van der Waals surface area contributed by atoms with Crippen LogP contribution in [-0.2, 0) is 5.75 Å². The summed E-state index contributed by atoms with van der Waals surface area (Å²) in [6.45, 7) is 1.83. The minimum absolute atomic E-state index is 0.00580. The third-order valence-electron chi connectivity index (χ3n) is 4.67. The number of benzene rings is 2. The Morgan fingerprint density at radius 1 is 1.17 bits per heavy atom. The van der Waals surface area contributed by atoms with Gasteiger partial charge in [0.25, 0.3) is 5.69 Å². The molecule has 0 bridgehead atoms. The van der Waals surface area contributed by atoms with Gasteiger partial charge in [0.2, 0.25) is 0 Å². The second-order valence-electron chi connectivity index (χ2n) is 6.73. The van der Waals surface area contributed by atoms with Gasteiger partial charge in [-0.1, -0.05) is 30.3 Å². The van der Waals surface area contributed by atoms with E-state index in [9.17, 15) is 14.9 Å². The Morgan fingerprint density at radius 3 is 2.70 bits per heavy atom. The Balaban J connectivity index is 1.63. The lowest BCUT2D eigenvalue weighted by atomic mass is 10.1. The number of rotatable bonds is 7. The van der Waals surface area contributed by atoms with E-state index in [1.54, 1.807) is 37.1 Å². The van der Waals surface area contributed by atoms with E-state index in [0.717, 1.165) is 16.3 Å². The summed E-state index contributed by atoms with van der Waals surface area (Å²) < 4.78 is 0. The van der Waals surface area contributed by atoms with Crippen LogP contribution >= 0.6 is 11.8 Å². The van der Waals surface area contributed by atoms with Crippen molar-refractivity contribution in [3.63, 3.8) is 0 Å². The number of nitrogens with zero attached hydrogens (tertiary/aromatic N) is 3. The molecule has 0 saturated carbocycles. The fourth-order valence-corrected chi connectivity index (χ4v) is 3.64. The molecule has 3 rings (SSSR count). The van der Waals surface area contributed by atoms with Gasteiger partial charge in [-0.05, 0) is 42.3 Å². The number of nitro groups is 1. The van der Waals surface area contributed by atoms with E-state index in [0.29, 0.717) is 11.3 Å². The van der Waals surface area contributed by atoms with E-state index >= 15 is 0 Å². The summed E-state index contributed by atoms with van der Waals surface area (Å²) in [7, 11) is 1.67. The van der Waals surface area contributed by atoms with E-state index in [-0.39, 0.29) is 17.8 Å². The average molecular weight is 423 g/mol. The monoisotopic (exact) mass is 422 g/mol. The summed E-state index contributed by atoms with van der Waals surface area (Å²) in [5.41, 5.74) is 2.46. The van der Waals surface area contributed by atoms with Crippen LogP contribution in [0.2, 0.25) is 0 Å². The molecule has 1 unspecified atom stereocenters. The summed E-state index contributed by atoms with van der Waals surface area (Å²) in [5.74, 6) is 0.737. The summed E-state index contributed by atoms with van der Waals surface area (Å²) in [5, 5.41) is 14.8. The topological polar surface area (TPSA) is 88.4 Å². The standard InChI is InChI=1S/C22H22N4O3S/c1-16(18-8-6-10-20(14-18)26(28)29)25(2)22(27)24-19-9-5-7-17(13-19)15-30-21-11-3-4-12-23-21/h3-14,16H,15H2,1-2H3,(H,24,27). The Hall–Kier alpha value is -3.39. The van der Waals surface area contributed by atoms with Gasteiger partial charge in [-0.25, -0.2) is 9.78 Å². The van der Waals surface area contributed by atoms with Crippen LogP contribution in [0.5, 0.6) is 0 Å². The van der Waals surface area contributed by atoms with Gasteiger partial charge in [0.1, 0.15) is 0 Å². The molecule has 0 aliphatic carbocycles. The van der Waals surface area contributed by atoms with E-state index in [4.69, 9.17) is 0 Å². The molecule has 2 amide bonds. The third-order valence-corrected chi connectivity index (χ3v) is 5.68. The van der Waals surface area contributed by atoms with Crippen molar-refractivity contribution in [1.29, 1.82) is 0 Å². The van der Waals surface area contributed by atoms with Crippen LogP contribution in [0.25, 0.3) is 0 Å². The molecule has 0 spiro atoms. The molecule has 154 valence electrons. The summed E-state index contributed by atoms with van der Waals surface area (Å²) in [6, 6.07) is 19.2. The average Bonchev–Trinajstić information content (AvgIpc) is 2.77. The van der Waals surface area contributed by atoms with Crippen molar-refractivity contribution in [2.24, 2.45) is 0 Å². The predicted molar refractivity (Wildman–Crippen MR) is 119 cm³/mol. The van der Waals surface area contributed by atoms with E-state index in [2.05, 4.69) is 10.3 Å². The molecular formula is C22H22N4O3S. The minimum atomic E-state index is -0.440. The second kappa shape index (κ2) is 9.89. The number of pyridine rings is 1. The number of anilines is 1. The number of thioether (sulfide) groups is 1. The van der Waals surface area contributed by atoms with Crippen molar-refractivity contribution in [2.75, 3.05) is 12.4 Å². The van der Waals surface area contributed by atoms with Crippen molar-refractivity contribution in [3.05, 3.63) is 94.2 Å². The van der Waals surface area contributed by atoms with Crippen LogP contribution in [0, 0.1) is 10.1 Å². The maximum absolute atomic E-state index is 12.7. The molecule has 30 heavy (non-hydrogen) atoms. The molecule has 0 saturated heterocycles. The number of non-ortho nitro benzene ring substituents is 1. The quantitative estimate of drug-likeness (QED) is 0.308. The minimum Gasteiger partial charge on any atom is -0.321 e. The molecule has 3 aromatic rings. The van der Waals surface area contributed by atoms with Gasteiger partial charge < -0.3 is 10.2 Å². The lowest BCUT2D eigenvalue weighted by molar-refractivity contribution is -0.384. The molecule has 0 fully saturated rings. The molecule has 1 atom stereocenters. The number of hydrogen-bond acceptors (Lipinski definition) is 5. The van der Waals surface area contributed by atoms with Crippen LogP contribution in [-0.4, -0.2) is 27.9 Å². The first kappa shape index (κ1) is 21.3. The van der Waals surface area contributed by atoms with Crippen LogP contribution in [0.4, 0.5) is 16.2 Å². The summed E-state index contributed by atoms with van der Waals surface area (Å²) >= 11 is 1.62. The molecule has 1 N–H and O–H groups in total. The van der Waals surface area contributed by atoms with Crippen molar-refractivity contribution in [1.82, 2.24) is 9.88 Å². The van der Waals surface area contributed by atoms with Crippen molar-refractivity contribution >= 4 is 29.2 Å². The Labute approximate surface area is 179 Å². The number of nitro benzene ring substituents is 1. The van der Waals surface area contributed by atoms with Gasteiger partial charge in [-0.3, -0.25) is 10.1 Å². The number of aromatic nitrogens is 1.